The molecule has 4 rings (SSSR count). The largest absolute Gasteiger partial charge is 0.293 e. The fraction of sp³-hybridized carbons (Fsp3) is 0.0714. The number of hydrogen-bond acceptors (Lipinski definition) is 6. The van der Waals surface area contributed by atoms with Crippen molar-refractivity contribution < 1.29 is 0 Å². The zero-order valence-electron chi connectivity index (χ0n) is 10.7. The summed E-state index contributed by atoms with van der Waals surface area (Å²) >= 11 is 4.76. The molecule has 104 valence electrons. The monoisotopic (exact) mass is 331 g/mol. The van der Waals surface area contributed by atoms with Gasteiger partial charge in [-0.3, -0.25) is 9.36 Å². The lowest BCUT2D eigenvalue weighted by Crippen LogP contribution is -2.20. The summed E-state index contributed by atoms with van der Waals surface area (Å²) in [6.45, 7) is 0.458. The molecular formula is C14H9N3OS3. The highest BCUT2D eigenvalue weighted by Gasteiger charge is 2.09. The Morgan fingerprint density at radius 1 is 1.14 bits per heavy atom. The predicted octanol–water partition coefficient (Wildman–Crippen LogP) is 3.69. The van der Waals surface area contributed by atoms with Gasteiger partial charge in [0.25, 0.3) is 5.56 Å². The third-order valence-electron chi connectivity index (χ3n) is 3.07. The van der Waals surface area contributed by atoms with Crippen molar-refractivity contribution in [1.82, 2.24) is 14.5 Å². The van der Waals surface area contributed by atoms with Gasteiger partial charge in [0.2, 0.25) is 0 Å². The van der Waals surface area contributed by atoms with Crippen molar-refractivity contribution >= 4 is 44.2 Å². The molecule has 0 saturated heterocycles. The molecule has 4 aromatic rings. The van der Waals surface area contributed by atoms with Crippen LogP contribution < -0.4 is 5.56 Å². The standard InChI is InChI=1S/C14H9N3OS3/c18-14-10-3-5-20-12(10)15-8-17(14)6-9-7-21-13(16-9)11-2-1-4-19-11/h1-5,7-8H,6H2. The molecule has 0 aliphatic heterocycles. The third-order valence-corrected chi connectivity index (χ3v) is 5.82. The topological polar surface area (TPSA) is 47.8 Å². The van der Waals surface area contributed by atoms with Gasteiger partial charge in [-0.25, -0.2) is 9.97 Å². The van der Waals surface area contributed by atoms with Crippen LogP contribution in [0.5, 0.6) is 0 Å². The van der Waals surface area contributed by atoms with E-state index in [4.69, 9.17) is 0 Å². The molecular weight excluding hydrogens is 322 g/mol. The third kappa shape index (κ3) is 2.33. The van der Waals surface area contributed by atoms with Crippen molar-refractivity contribution in [2.75, 3.05) is 0 Å². The molecule has 0 saturated carbocycles. The Kier molecular flexibility index (Phi) is 3.17. The van der Waals surface area contributed by atoms with E-state index in [0.29, 0.717) is 11.9 Å². The molecule has 4 heterocycles. The summed E-state index contributed by atoms with van der Waals surface area (Å²) in [4.78, 5) is 23.2. The van der Waals surface area contributed by atoms with E-state index >= 15 is 0 Å². The fourth-order valence-electron chi connectivity index (χ4n) is 2.07. The van der Waals surface area contributed by atoms with Crippen LogP contribution in [0.2, 0.25) is 0 Å². The number of thiophene rings is 2. The normalized spacial score (nSPS) is 11.2. The predicted molar refractivity (Wildman–Crippen MR) is 88.4 cm³/mol. The van der Waals surface area contributed by atoms with Crippen molar-refractivity contribution in [1.29, 1.82) is 0 Å². The SMILES string of the molecule is O=c1c2ccsc2ncn1Cc1csc(-c2cccs2)n1. The molecule has 0 aliphatic rings. The fourth-order valence-corrected chi connectivity index (χ4v) is 4.42. The van der Waals surface area contributed by atoms with Crippen LogP contribution in [0.15, 0.2) is 45.5 Å². The van der Waals surface area contributed by atoms with E-state index < -0.39 is 0 Å². The van der Waals surface area contributed by atoms with Gasteiger partial charge in [-0.1, -0.05) is 6.07 Å². The van der Waals surface area contributed by atoms with Gasteiger partial charge >= 0.3 is 0 Å². The van der Waals surface area contributed by atoms with Gasteiger partial charge in [-0.15, -0.1) is 34.0 Å². The molecule has 0 spiro atoms. The molecule has 7 heteroatoms. The summed E-state index contributed by atoms with van der Waals surface area (Å²) in [6, 6.07) is 5.89. The molecule has 0 amide bonds. The van der Waals surface area contributed by atoms with Crippen molar-refractivity contribution in [3.8, 4) is 9.88 Å². The second-order valence-corrected chi connectivity index (χ2v) is 7.14. The van der Waals surface area contributed by atoms with Gasteiger partial charge in [0.05, 0.1) is 28.8 Å². The van der Waals surface area contributed by atoms with E-state index in [2.05, 4.69) is 16.0 Å². The van der Waals surface area contributed by atoms with E-state index in [0.717, 1.165) is 20.4 Å². The molecule has 0 N–H and O–H groups in total. The minimum atomic E-state index is -0.00748. The van der Waals surface area contributed by atoms with E-state index in [1.165, 1.54) is 11.3 Å². The first kappa shape index (κ1) is 12.9. The van der Waals surface area contributed by atoms with Crippen molar-refractivity contribution in [3.05, 3.63) is 56.7 Å². The summed E-state index contributed by atoms with van der Waals surface area (Å²) in [5, 5.41) is 7.60. The zero-order chi connectivity index (χ0) is 14.2. The molecule has 4 aromatic heterocycles. The number of rotatable bonds is 3. The Morgan fingerprint density at radius 3 is 2.95 bits per heavy atom. The summed E-state index contributed by atoms with van der Waals surface area (Å²) in [5.41, 5.74) is 0.883. The van der Waals surface area contributed by atoms with Crippen molar-refractivity contribution in [3.63, 3.8) is 0 Å². The van der Waals surface area contributed by atoms with Gasteiger partial charge in [0.1, 0.15) is 9.84 Å². The lowest BCUT2D eigenvalue weighted by molar-refractivity contribution is 0.735. The summed E-state index contributed by atoms with van der Waals surface area (Å²) in [5.74, 6) is 0. The molecule has 0 radical (unpaired) electrons. The first-order chi connectivity index (χ1) is 10.3. The Hall–Kier alpha value is -1.83. The highest BCUT2D eigenvalue weighted by molar-refractivity contribution is 7.20. The molecule has 0 fully saturated rings. The van der Waals surface area contributed by atoms with Gasteiger partial charge < -0.3 is 0 Å². The first-order valence-electron chi connectivity index (χ1n) is 6.22. The maximum Gasteiger partial charge on any atom is 0.262 e. The number of fused-ring (bicyclic) bond motifs is 1. The Morgan fingerprint density at radius 2 is 2.10 bits per heavy atom. The van der Waals surface area contributed by atoms with E-state index in [9.17, 15) is 4.79 Å². The first-order valence-corrected chi connectivity index (χ1v) is 8.86. The smallest absolute Gasteiger partial charge is 0.262 e. The second-order valence-electron chi connectivity index (χ2n) is 4.44. The van der Waals surface area contributed by atoms with Crippen LogP contribution in [-0.4, -0.2) is 14.5 Å². The molecule has 0 unspecified atom stereocenters. The lowest BCUT2D eigenvalue weighted by Gasteiger charge is -2.02. The summed E-state index contributed by atoms with van der Waals surface area (Å²) in [6.07, 6.45) is 1.60. The van der Waals surface area contributed by atoms with Crippen LogP contribution in [0.4, 0.5) is 0 Å². The average molecular weight is 331 g/mol. The molecule has 0 atom stereocenters. The van der Waals surface area contributed by atoms with E-state index in [1.54, 1.807) is 33.6 Å². The zero-order valence-corrected chi connectivity index (χ0v) is 13.2. The maximum absolute atomic E-state index is 12.3. The number of thiazole rings is 1. The van der Waals surface area contributed by atoms with Crippen LogP contribution in [0.25, 0.3) is 20.1 Å². The van der Waals surface area contributed by atoms with Crippen LogP contribution >= 0.6 is 34.0 Å². The maximum atomic E-state index is 12.3. The summed E-state index contributed by atoms with van der Waals surface area (Å²) < 4.78 is 1.61. The van der Waals surface area contributed by atoms with Gasteiger partial charge in [-0.05, 0) is 22.9 Å². The quantitative estimate of drug-likeness (QED) is 0.575. The minimum absolute atomic E-state index is 0.00748. The Labute approximate surface area is 132 Å². The average Bonchev–Trinajstić information content (AvgIpc) is 3.21. The van der Waals surface area contributed by atoms with Crippen LogP contribution in [0, 0.1) is 0 Å². The van der Waals surface area contributed by atoms with Crippen molar-refractivity contribution in [2.45, 2.75) is 6.54 Å². The molecule has 21 heavy (non-hydrogen) atoms. The molecule has 0 aliphatic carbocycles. The van der Waals surface area contributed by atoms with Gasteiger partial charge in [-0.2, -0.15) is 0 Å². The molecule has 4 nitrogen and oxygen atoms in total. The van der Waals surface area contributed by atoms with E-state index in [-0.39, 0.29) is 5.56 Å². The molecule has 0 bridgehead atoms. The molecule has 0 aromatic carbocycles. The number of nitrogens with zero attached hydrogens (tertiary/aromatic N) is 3. The highest BCUT2D eigenvalue weighted by Crippen LogP contribution is 2.27. The van der Waals surface area contributed by atoms with Crippen LogP contribution in [0.3, 0.4) is 0 Å². The van der Waals surface area contributed by atoms with Gasteiger partial charge in [0.15, 0.2) is 0 Å². The number of hydrogen-bond donors (Lipinski definition) is 0. The highest BCUT2D eigenvalue weighted by atomic mass is 32.1. The minimum Gasteiger partial charge on any atom is -0.293 e. The lowest BCUT2D eigenvalue weighted by atomic mass is 10.4. The van der Waals surface area contributed by atoms with E-state index in [1.807, 2.05) is 28.3 Å². The Balaban J connectivity index is 1.68. The van der Waals surface area contributed by atoms with Crippen LogP contribution in [-0.2, 0) is 6.54 Å². The Bertz CT molecular complexity index is 949. The number of aromatic nitrogens is 3. The second kappa shape index (κ2) is 5.18. The van der Waals surface area contributed by atoms with Crippen molar-refractivity contribution in [2.24, 2.45) is 0 Å². The summed E-state index contributed by atoms with van der Waals surface area (Å²) in [7, 11) is 0. The van der Waals surface area contributed by atoms with Gasteiger partial charge in [0, 0.05) is 5.38 Å². The van der Waals surface area contributed by atoms with Crippen LogP contribution in [0.1, 0.15) is 5.69 Å².